The average molecular weight is 334 g/mol. The van der Waals surface area contributed by atoms with E-state index in [0.29, 0.717) is 38.7 Å². The molecule has 0 aliphatic carbocycles. The number of phenols is 1. The Morgan fingerprint density at radius 2 is 1.83 bits per heavy atom. The lowest BCUT2D eigenvalue weighted by atomic mass is 9.90. The topological polar surface area (TPSA) is 35.5 Å². The minimum absolute atomic E-state index is 0.110. The molecular weight excluding hydrogens is 312 g/mol. The van der Waals surface area contributed by atoms with E-state index in [-0.39, 0.29) is 11.5 Å². The molecule has 1 heterocycles. The molecule has 130 valence electrons. The van der Waals surface area contributed by atoms with Crippen molar-refractivity contribution in [3.05, 3.63) is 29.1 Å². The van der Waals surface area contributed by atoms with E-state index in [1.807, 2.05) is 18.7 Å². The second kappa shape index (κ2) is 7.05. The fraction of sp³-hybridized carbons (Fsp3) is 0.625. The van der Waals surface area contributed by atoms with E-state index < -0.39 is 29.3 Å². The van der Waals surface area contributed by atoms with Crippen molar-refractivity contribution in [2.45, 2.75) is 32.5 Å². The number of piperazine rings is 1. The highest BCUT2D eigenvalue weighted by Gasteiger charge is 2.39. The number of nitrogens with one attached hydrogen (secondary N) is 1. The molecule has 7 heteroatoms. The number of aromatic hydroxyl groups is 1. The number of nitrogens with zero attached hydrogens (tertiary/aromatic N) is 1. The third-order valence-electron chi connectivity index (χ3n) is 4.09. The number of phenolic OH excluding ortho intramolecular Hbond substituents is 1. The van der Waals surface area contributed by atoms with Crippen molar-refractivity contribution >= 4 is 0 Å². The molecule has 0 bridgehead atoms. The molecule has 0 aromatic heterocycles. The van der Waals surface area contributed by atoms with Crippen LogP contribution in [0.2, 0.25) is 0 Å². The quantitative estimate of drug-likeness (QED) is 0.827. The van der Waals surface area contributed by atoms with E-state index in [4.69, 9.17) is 0 Å². The van der Waals surface area contributed by atoms with Gasteiger partial charge in [0.15, 0.2) is 11.6 Å². The van der Waals surface area contributed by atoms with Crippen LogP contribution < -0.4 is 5.32 Å². The average Bonchev–Trinajstić information content (AvgIpc) is 2.47. The standard InChI is InChI=1S/C16H22F4N2O/c1-10(2)9-13(22-7-5-21-6-8-22)14-11(16(18,19)20)3-4-12(17)15(14)23/h3-4,10,13,21,23H,5-9H2,1-2H3/t13-/m0/s1. The molecule has 2 N–H and O–H groups in total. The molecule has 1 fully saturated rings. The van der Waals surface area contributed by atoms with Crippen LogP contribution in [0.5, 0.6) is 5.75 Å². The number of alkyl halides is 3. The predicted octanol–water partition coefficient (Wildman–Crippen LogP) is 3.54. The molecule has 1 aliphatic heterocycles. The van der Waals surface area contributed by atoms with Gasteiger partial charge in [-0.25, -0.2) is 4.39 Å². The van der Waals surface area contributed by atoms with Crippen LogP contribution in [0.1, 0.15) is 37.4 Å². The highest BCUT2D eigenvalue weighted by molar-refractivity contribution is 5.44. The summed E-state index contributed by atoms with van der Waals surface area (Å²) in [5.41, 5.74) is -1.30. The van der Waals surface area contributed by atoms with Gasteiger partial charge in [-0.15, -0.1) is 0 Å². The third-order valence-corrected chi connectivity index (χ3v) is 4.09. The van der Waals surface area contributed by atoms with E-state index in [1.165, 1.54) is 0 Å². The van der Waals surface area contributed by atoms with Gasteiger partial charge in [0.1, 0.15) is 0 Å². The normalized spacial score (nSPS) is 18.4. The van der Waals surface area contributed by atoms with Crippen molar-refractivity contribution in [2.75, 3.05) is 26.2 Å². The van der Waals surface area contributed by atoms with Crippen molar-refractivity contribution in [3.63, 3.8) is 0 Å². The van der Waals surface area contributed by atoms with Crippen molar-refractivity contribution < 1.29 is 22.7 Å². The van der Waals surface area contributed by atoms with E-state index >= 15 is 0 Å². The predicted molar refractivity (Wildman–Crippen MR) is 79.7 cm³/mol. The smallest absolute Gasteiger partial charge is 0.416 e. The SMILES string of the molecule is CC(C)C[C@@H](c1c(C(F)(F)F)ccc(F)c1O)N1CCNCC1. The van der Waals surface area contributed by atoms with Gasteiger partial charge in [0.2, 0.25) is 0 Å². The van der Waals surface area contributed by atoms with Gasteiger partial charge in [0, 0.05) is 37.8 Å². The lowest BCUT2D eigenvalue weighted by Gasteiger charge is -2.37. The summed E-state index contributed by atoms with van der Waals surface area (Å²) >= 11 is 0. The summed E-state index contributed by atoms with van der Waals surface area (Å²) in [5.74, 6) is -1.79. The van der Waals surface area contributed by atoms with Gasteiger partial charge in [0.05, 0.1) is 5.56 Å². The van der Waals surface area contributed by atoms with Gasteiger partial charge in [-0.2, -0.15) is 13.2 Å². The summed E-state index contributed by atoms with van der Waals surface area (Å²) < 4.78 is 53.8. The zero-order chi connectivity index (χ0) is 17.2. The van der Waals surface area contributed by atoms with Crippen LogP contribution in [0.25, 0.3) is 0 Å². The molecule has 3 nitrogen and oxygen atoms in total. The van der Waals surface area contributed by atoms with Crippen LogP contribution in [-0.2, 0) is 6.18 Å². The molecule has 0 unspecified atom stereocenters. The number of hydrogen-bond acceptors (Lipinski definition) is 3. The maximum absolute atomic E-state index is 13.8. The van der Waals surface area contributed by atoms with E-state index in [9.17, 15) is 22.7 Å². The Labute approximate surface area is 133 Å². The molecule has 1 atom stereocenters. The molecular formula is C16H22F4N2O. The van der Waals surface area contributed by atoms with Gasteiger partial charge < -0.3 is 10.4 Å². The Balaban J connectivity index is 2.54. The molecule has 1 saturated heterocycles. The Bertz CT molecular complexity index is 540. The molecule has 23 heavy (non-hydrogen) atoms. The number of halogens is 4. The highest BCUT2D eigenvalue weighted by Crippen LogP contribution is 2.43. The zero-order valence-corrected chi connectivity index (χ0v) is 13.3. The molecule has 0 saturated carbocycles. The Morgan fingerprint density at radius 1 is 1.22 bits per heavy atom. The molecule has 0 spiro atoms. The van der Waals surface area contributed by atoms with Gasteiger partial charge in [-0.1, -0.05) is 13.8 Å². The number of rotatable bonds is 4. The first-order chi connectivity index (χ1) is 10.7. The maximum Gasteiger partial charge on any atom is 0.416 e. The Morgan fingerprint density at radius 3 is 2.35 bits per heavy atom. The first-order valence-corrected chi connectivity index (χ1v) is 7.75. The first-order valence-electron chi connectivity index (χ1n) is 7.75. The van der Waals surface area contributed by atoms with Crippen molar-refractivity contribution in [2.24, 2.45) is 5.92 Å². The summed E-state index contributed by atoms with van der Waals surface area (Å²) in [6.45, 7) is 6.24. The second-order valence-corrected chi connectivity index (χ2v) is 6.29. The molecule has 1 aliphatic rings. The van der Waals surface area contributed by atoms with Crippen molar-refractivity contribution in [1.29, 1.82) is 0 Å². The van der Waals surface area contributed by atoms with Crippen molar-refractivity contribution in [3.8, 4) is 5.75 Å². The van der Waals surface area contributed by atoms with Gasteiger partial charge in [-0.3, -0.25) is 4.90 Å². The summed E-state index contributed by atoms with van der Waals surface area (Å²) in [5, 5.41) is 13.2. The highest BCUT2D eigenvalue weighted by atomic mass is 19.4. The van der Waals surface area contributed by atoms with Crippen molar-refractivity contribution in [1.82, 2.24) is 10.2 Å². The van der Waals surface area contributed by atoms with Gasteiger partial charge >= 0.3 is 6.18 Å². The third kappa shape index (κ3) is 4.14. The van der Waals surface area contributed by atoms with Crippen LogP contribution in [0.3, 0.4) is 0 Å². The molecule has 0 amide bonds. The van der Waals surface area contributed by atoms with Crippen LogP contribution in [0.4, 0.5) is 17.6 Å². The second-order valence-electron chi connectivity index (χ2n) is 6.29. The van der Waals surface area contributed by atoms with E-state index in [2.05, 4.69) is 5.32 Å². The molecule has 0 radical (unpaired) electrons. The lowest BCUT2D eigenvalue weighted by Crippen LogP contribution is -2.45. The van der Waals surface area contributed by atoms with Crippen LogP contribution in [0.15, 0.2) is 12.1 Å². The van der Waals surface area contributed by atoms with Gasteiger partial charge in [-0.05, 0) is 24.5 Å². The fourth-order valence-electron chi connectivity index (χ4n) is 3.06. The minimum atomic E-state index is -4.64. The van der Waals surface area contributed by atoms with Crippen LogP contribution in [-0.4, -0.2) is 36.2 Å². The molecule has 1 aromatic carbocycles. The maximum atomic E-state index is 13.8. The van der Waals surface area contributed by atoms with Crippen LogP contribution >= 0.6 is 0 Å². The first kappa shape index (κ1) is 18.0. The summed E-state index contributed by atoms with van der Waals surface area (Å²) in [7, 11) is 0. The monoisotopic (exact) mass is 334 g/mol. The number of benzene rings is 1. The zero-order valence-electron chi connectivity index (χ0n) is 13.3. The molecule has 1 aromatic rings. The summed E-state index contributed by atoms with van der Waals surface area (Å²) in [6.07, 6.45) is -4.22. The summed E-state index contributed by atoms with van der Waals surface area (Å²) in [6, 6.07) is 0.732. The van der Waals surface area contributed by atoms with Gasteiger partial charge in [0.25, 0.3) is 0 Å². The largest absolute Gasteiger partial charge is 0.505 e. The Hall–Kier alpha value is -1.34. The fourth-order valence-corrected chi connectivity index (χ4v) is 3.06. The van der Waals surface area contributed by atoms with E-state index in [1.54, 1.807) is 0 Å². The Kier molecular flexibility index (Phi) is 5.52. The number of hydrogen-bond donors (Lipinski definition) is 2. The van der Waals surface area contributed by atoms with Crippen LogP contribution in [0, 0.1) is 11.7 Å². The minimum Gasteiger partial charge on any atom is -0.505 e. The molecule has 2 rings (SSSR count). The lowest BCUT2D eigenvalue weighted by molar-refractivity contribution is -0.139. The summed E-state index contributed by atoms with van der Waals surface area (Å²) in [4.78, 5) is 1.89. The van der Waals surface area contributed by atoms with E-state index in [0.717, 1.165) is 6.07 Å².